The van der Waals surface area contributed by atoms with Crippen LogP contribution in [0.4, 0.5) is 0 Å². The van der Waals surface area contributed by atoms with Crippen LogP contribution < -0.4 is 5.73 Å². The van der Waals surface area contributed by atoms with Gasteiger partial charge in [-0.15, -0.1) is 0 Å². The van der Waals surface area contributed by atoms with Gasteiger partial charge in [0, 0.05) is 43.3 Å². The largest absolute Gasteiger partial charge is 0.326 e. The molecule has 17 heavy (non-hydrogen) atoms. The van der Waals surface area contributed by atoms with Crippen LogP contribution in [0.25, 0.3) is 11.1 Å². The normalized spacial score (nSPS) is 11.1. The van der Waals surface area contributed by atoms with E-state index in [0.29, 0.717) is 12.5 Å². The van der Waals surface area contributed by atoms with Crippen LogP contribution in [-0.4, -0.2) is 14.8 Å². The summed E-state index contributed by atoms with van der Waals surface area (Å²) in [4.78, 5) is 4.22. The van der Waals surface area contributed by atoms with E-state index in [0.717, 1.165) is 22.4 Å². The molecule has 0 amide bonds. The fourth-order valence-electron chi connectivity index (χ4n) is 1.90. The molecule has 0 radical (unpaired) electrons. The number of aromatic nitrogens is 3. The van der Waals surface area contributed by atoms with Crippen molar-refractivity contribution in [3.05, 3.63) is 35.9 Å². The number of hydrogen-bond donors (Lipinski definition) is 1. The van der Waals surface area contributed by atoms with E-state index in [1.807, 2.05) is 24.1 Å². The Morgan fingerprint density at radius 3 is 2.76 bits per heavy atom. The maximum Gasteiger partial charge on any atom is 0.0728 e. The Balaban J connectivity index is 2.51. The van der Waals surface area contributed by atoms with Crippen LogP contribution in [0.2, 0.25) is 0 Å². The Bertz CT molecular complexity index is 514. The summed E-state index contributed by atoms with van der Waals surface area (Å²) in [6, 6.07) is 2.08. The fourth-order valence-corrected chi connectivity index (χ4v) is 1.90. The van der Waals surface area contributed by atoms with Gasteiger partial charge in [-0.05, 0) is 17.5 Å². The molecule has 0 aliphatic rings. The molecule has 90 valence electrons. The molecule has 2 aromatic rings. The number of nitrogens with two attached hydrogens (primary N) is 1. The molecule has 0 aliphatic carbocycles. The maximum absolute atomic E-state index is 5.64. The summed E-state index contributed by atoms with van der Waals surface area (Å²) in [5.41, 5.74) is 10.0. The lowest BCUT2D eigenvalue weighted by molar-refractivity contribution is 0.713. The van der Waals surface area contributed by atoms with Crippen molar-refractivity contribution in [3.63, 3.8) is 0 Å². The Hall–Kier alpha value is -1.68. The van der Waals surface area contributed by atoms with Gasteiger partial charge in [0.05, 0.1) is 5.69 Å². The number of aryl methyl sites for hydroxylation is 1. The van der Waals surface area contributed by atoms with Crippen molar-refractivity contribution in [1.82, 2.24) is 14.8 Å². The van der Waals surface area contributed by atoms with Gasteiger partial charge in [0.25, 0.3) is 0 Å². The maximum atomic E-state index is 5.64. The molecule has 2 aromatic heterocycles. The van der Waals surface area contributed by atoms with Gasteiger partial charge in [0.2, 0.25) is 0 Å². The molecule has 0 saturated heterocycles. The van der Waals surface area contributed by atoms with Gasteiger partial charge in [0.15, 0.2) is 0 Å². The first-order chi connectivity index (χ1) is 8.11. The highest BCUT2D eigenvalue weighted by molar-refractivity contribution is 5.65. The van der Waals surface area contributed by atoms with Crippen molar-refractivity contribution in [2.75, 3.05) is 0 Å². The number of rotatable bonds is 3. The second-order valence-electron chi connectivity index (χ2n) is 4.54. The summed E-state index contributed by atoms with van der Waals surface area (Å²) in [7, 11) is 1.94. The first-order valence-electron chi connectivity index (χ1n) is 5.79. The van der Waals surface area contributed by atoms with Crippen LogP contribution in [0.3, 0.4) is 0 Å². The van der Waals surface area contributed by atoms with E-state index in [1.54, 1.807) is 6.20 Å². The summed E-state index contributed by atoms with van der Waals surface area (Å²) in [5.74, 6) is 0.396. The third-order valence-electron chi connectivity index (χ3n) is 2.75. The zero-order chi connectivity index (χ0) is 12.4. The second-order valence-corrected chi connectivity index (χ2v) is 4.54. The molecule has 0 fully saturated rings. The van der Waals surface area contributed by atoms with Gasteiger partial charge >= 0.3 is 0 Å². The van der Waals surface area contributed by atoms with E-state index in [2.05, 4.69) is 30.0 Å². The van der Waals surface area contributed by atoms with Crippen LogP contribution in [0.5, 0.6) is 0 Å². The van der Waals surface area contributed by atoms with Crippen molar-refractivity contribution in [3.8, 4) is 11.1 Å². The molecule has 4 heteroatoms. The van der Waals surface area contributed by atoms with Crippen LogP contribution >= 0.6 is 0 Å². The van der Waals surface area contributed by atoms with Crippen LogP contribution in [0.15, 0.2) is 24.7 Å². The lowest BCUT2D eigenvalue weighted by atomic mass is 10.0. The van der Waals surface area contributed by atoms with Gasteiger partial charge in [-0.25, -0.2) is 0 Å². The van der Waals surface area contributed by atoms with Crippen molar-refractivity contribution in [2.24, 2.45) is 12.8 Å². The van der Waals surface area contributed by atoms with Gasteiger partial charge in [-0.3, -0.25) is 9.67 Å². The van der Waals surface area contributed by atoms with Gasteiger partial charge < -0.3 is 5.73 Å². The van der Waals surface area contributed by atoms with Crippen molar-refractivity contribution >= 4 is 0 Å². The van der Waals surface area contributed by atoms with Gasteiger partial charge in [0.1, 0.15) is 0 Å². The predicted octanol–water partition coefficient (Wildman–Crippen LogP) is 2.06. The second kappa shape index (κ2) is 4.67. The van der Waals surface area contributed by atoms with E-state index in [9.17, 15) is 0 Å². The minimum Gasteiger partial charge on any atom is -0.326 e. The molecular weight excluding hydrogens is 212 g/mol. The standard InChI is InChI=1S/C13H18N4/c1-9(2)13-12(8-17(3)16-13)11-4-10(5-14)6-15-7-11/h4,6-9H,5,14H2,1-3H3. The van der Waals surface area contributed by atoms with E-state index < -0.39 is 0 Å². The summed E-state index contributed by atoms with van der Waals surface area (Å²) in [6.07, 6.45) is 5.70. The Morgan fingerprint density at radius 2 is 2.12 bits per heavy atom. The molecule has 4 nitrogen and oxygen atoms in total. The summed E-state index contributed by atoms with van der Waals surface area (Å²) >= 11 is 0. The monoisotopic (exact) mass is 230 g/mol. The predicted molar refractivity (Wildman–Crippen MR) is 68.4 cm³/mol. The Kier molecular flexibility index (Phi) is 3.24. The highest BCUT2D eigenvalue weighted by atomic mass is 15.3. The molecule has 0 atom stereocenters. The van der Waals surface area contributed by atoms with Crippen LogP contribution in [0, 0.1) is 0 Å². The molecule has 0 unspecified atom stereocenters. The molecule has 0 saturated carbocycles. The number of hydrogen-bond acceptors (Lipinski definition) is 3. The molecule has 0 aromatic carbocycles. The molecular formula is C13H18N4. The summed E-state index contributed by atoms with van der Waals surface area (Å²) in [5, 5.41) is 4.50. The number of pyridine rings is 1. The lowest BCUT2D eigenvalue weighted by Crippen LogP contribution is -1.98. The molecule has 2 heterocycles. The van der Waals surface area contributed by atoms with Crippen molar-refractivity contribution < 1.29 is 0 Å². The van der Waals surface area contributed by atoms with Crippen molar-refractivity contribution in [1.29, 1.82) is 0 Å². The van der Waals surface area contributed by atoms with E-state index >= 15 is 0 Å². The zero-order valence-corrected chi connectivity index (χ0v) is 10.5. The quantitative estimate of drug-likeness (QED) is 0.878. The molecule has 0 aliphatic heterocycles. The minimum atomic E-state index is 0.396. The smallest absolute Gasteiger partial charge is 0.0728 e. The third kappa shape index (κ3) is 2.36. The Labute approximate surface area is 101 Å². The highest BCUT2D eigenvalue weighted by Gasteiger charge is 2.13. The minimum absolute atomic E-state index is 0.396. The first kappa shape index (κ1) is 11.8. The van der Waals surface area contributed by atoms with E-state index in [4.69, 9.17) is 5.73 Å². The van der Waals surface area contributed by atoms with E-state index in [1.165, 1.54) is 0 Å². The summed E-state index contributed by atoms with van der Waals surface area (Å²) in [6.45, 7) is 4.80. The topological polar surface area (TPSA) is 56.7 Å². The van der Waals surface area contributed by atoms with Gasteiger partial charge in [-0.1, -0.05) is 13.8 Å². The summed E-state index contributed by atoms with van der Waals surface area (Å²) < 4.78 is 1.85. The fraction of sp³-hybridized carbons (Fsp3) is 0.385. The SMILES string of the molecule is CC(C)c1nn(C)cc1-c1cncc(CN)c1. The van der Waals surface area contributed by atoms with Crippen LogP contribution in [0.1, 0.15) is 31.0 Å². The lowest BCUT2D eigenvalue weighted by Gasteiger charge is -2.06. The molecule has 2 N–H and O–H groups in total. The number of nitrogens with zero attached hydrogens (tertiary/aromatic N) is 3. The molecule has 0 bridgehead atoms. The molecule has 2 rings (SSSR count). The third-order valence-corrected chi connectivity index (χ3v) is 2.75. The van der Waals surface area contributed by atoms with Gasteiger partial charge in [-0.2, -0.15) is 5.10 Å². The van der Waals surface area contributed by atoms with Crippen molar-refractivity contribution in [2.45, 2.75) is 26.3 Å². The highest BCUT2D eigenvalue weighted by Crippen LogP contribution is 2.27. The van der Waals surface area contributed by atoms with Crippen LogP contribution in [-0.2, 0) is 13.6 Å². The first-order valence-corrected chi connectivity index (χ1v) is 5.79. The zero-order valence-electron chi connectivity index (χ0n) is 10.5. The average molecular weight is 230 g/mol. The van der Waals surface area contributed by atoms with E-state index in [-0.39, 0.29) is 0 Å². The Morgan fingerprint density at radius 1 is 1.35 bits per heavy atom. The molecule has 0 spiro atoms. The average Bonchev–Trinajstić information content (AvgIpc) is 2.72.